The first-order chi connectivity index (χ1) is 11.5. The van der Waals surface area contributed by atoms with Crippen LogP contribution in [0.3, 0.4) is 0 Å². The molecule has 0 saturated carbocycles. The van der Waals surface area contributed by atoms with E-state index in [4.69, 9.17) is 5.73 Å². The van der Waals surface area contributed by atoms with E-state index < -0.39 is 0 Å². The Morgan fingerprint density at radius 3 is 2.58 bits per heavy atom. The van der Waals surface area contributed by atoms with Crippen molar-refractivity contribution in [3.8, 4) is 5.69 Å². The second kappa shape index (κ2) is 6.77. The molecule has 128 valence electrons. The van der Waals surface area contributed by atoms with Gasteiger partial charge in [-0.15, -0.1) is 0 Å². The van der Waals surface area contributed by atoms with Gasteiger partial charge >= 0.3 is 0 Å². The first-order valence-corrected chi connectivity index (χ1v) is 8.64. The molecule has 0 spiro atoms. The predicted octanol–water partition coefficient (Wildman–Crippen LogP) is 2.69. The van der Waals surface area contributed by atoms with Crippen molar-refractivity contribution in [2.24, 2.45) is 11.7 Å². The molecule has 1 aliphatic heterocycles. The van der Waals surface area contributed by atoms with E-state index in [9.17, 15) is 4.79 Å². The monoisotopic (exact) mass is 326 g/mol. The van der Waals surface area contributed by atoms with Gasteiger partial charge < -0.3 is 10.6 Å². The summed E-state index contributed by atoms with van der Waals surface area (Å²) in [6.45, 7) is 7.56. The van der Waals surface area contributed by atoms with Gasteiger partial charge in [0.25, 0.3) is 5.91 Å². The van der Waals surface area contributed by atoms with E-state index in [0.717, 1.165) is 36.5 Å². The number of aromatic nitrogens is 2. The Kier molecular flexibility index (Phi) is 4.71. The number of amides is 1. The third-order valence-electron chi connectivity index (χ3n) is 4.88. The molecule has 2 unspecified atom stereocenters. The SMILES string of the molecule is Cc1cc(C)n(-c2ccc(C(=O)N3CCC(C)CC3CN)cc2)n1. The van der Waals surface area contributed by atoms with E-state index in [1.54, 1.807) is 0 Å². The van der Waals surface area contributed by atoms with Crippen LogP contribution in [0.2, 0.25) is 0 Å². The predicted molar refractivity (Wildman–Crippen MR) is 95.3 cm³/mol. The van der Waals surface area contributed by atoms with Crippen LogP contribution in [0.5, 0.6) is 0 Å². The summed E-state index contributed by atoms with van der Waals surface area (Å²) < 4.78 is 1.90. The van der Waals surface area contributed by atoms with Gasteiger partial charge in [0.15, 0.2) is 0 Å². The number of carbonyl (C=O) groups is 1. The maximum atomic E-state index is 12.8. The second-order valence-corrected chi connectivity index (χ2v) is 6.90. The van der Waals surface area contributed by atoms with Crippen molar-refractivity contribution in [2.45, 2.75) is 39.7 Å². The summed E-state index contributed by atoms with van der Waals surface area (Å²) >= 11 is 0. The van der Waals surface area contributed by atoms with Crippen molar-refractivity contribution in [3.63, 3.8) is 0 Å². The molecule has 1 aliphatic rings. The van der Waals surface area contributed by atoms with Gasteiger partial charge in [-0.1, -0.05) is 6.92 Å². The van der Waals surface area contributed by atoms with Crippen molar-refractivity contribution in [1.29, 1.82) is 0 Å². The number of hydrogen-bond donors (Lipinski definition) is 1. The number of nitrogens with zero attached hydrogens (tertiary/aromatic N) is 3. The Labute approximate surface area is 143 Å². The summed E-state index contributed by atoms with van der Waals surface area (Å²) in [5, 5.41) is 4.48. The Hall–Kier alpha value is -2.14. The highest BCUT2D eigenvalue weighted by Crippen LogP contribution is 2.24. The number of nitrogens with two attached hydrogens (primary N) is 1. The summed E-state index contributed by atoms with van der Waals surface area (Å²) in [5.74, 6) is 0.716. The van der Waals surface area contributed by atoms with E-state index in [-0.39, 0.29) is 11.9 Å². The molecule has 2 aromatic rings. The van der Waals surface area contributed by atoms with E-state index in [1.807, 2.05) is 53.8 Å². The van der Waals surface area contributed by atoms with Gasteiger partial charge in [-0.05, 0) is 62.9 Å². The zero-order chi connectivity index (χ0) is 17.3. The molecule has 0 aliphatic carbocycles. The zero-order valence-corrected chi connectivity index (χ0v) is 14.7. The number of aryl methyl sites for hydroxylation is 2. The molecule has 2 N–H and O–H groups in total. The Bertz CT molecular complexity index is 719. The molecule has 1 aromatic heterocycles. The number of carbonyl (C=O) groups excluding carboxylic acids is 1. The first-order valence-electron chi connectivity index (χ1n) is 8.64. The molecule has 5 heteroatoms. The highest BCUT2D eigenvalue weighted by atomic mass is 16.2. The zero-order valence-electron chi connectivity index (χ0n) is 14.7. The lowest BCUT2D eigenvalue weighted by Crippen LogP contribution is -2.49. The molecule has 2 atom stereocenters. The van der Waals surface area contributed by atoms with Crippen LogP contribution in [0.4, 0.5) is 0 Å². The largest absolute Gasteiger partial charge is 0.334 e. The van der Waals surface area contributed by atoms with Gasteiger partial charge in [-0.3, -0.25) is 4.79 Å². The minimum absolute atomic E-state index is 0.0808. The lowest BCUT2D eigenvalue weighted by atomic mass is 9.92. The quantitative estimate of drug-likeness (QED) is 0.943. The molecule has 3 rings (SSSR count). The normalized spacial score (nSPS) is 21.1. The van der Waals surface area contributed by atoms with Crippen molar-refractivity contribution in [1.82, 2.24) is 14.7 Å². The van der Waals surface area contributed by atoms with Gasteiger partial charge in [0.2, 0.25) is 0 Å². The van der Waals surface area contributed by atoms with Crippen molar-refractivity contribution >= 4 is 5.91 Å². The number of rotatable bonds is 3. The van der Waals surface area contributed by atoms with Crippen LogP contribution in [-0.2, 0) is 0 Å². The minimum Gasteiger partial charge on any atom is -0.334 e. The highest BCUT2D eigenvalue weighted by Gasteiger charge is 2.29. The molecule has 1 saturated heterocycles. The van der Waals surface area contributed by atoms with Crippen LogP contribution in [0.15, 0.2) is 30.3 Å². The number of piperidine rings is 1. The molecular weight excluding hydrogens is 300 g/mol. The number of likely N-dealkylation sites (tertiary alicyclic amines) is 1. The smallest absolute Gasteiger partial charge is 0.254 e. The number of hydrogen-bond acceptors (Lipinski definition) is 3. The summed E-state index contributed by atoms with van der Waals surface area (Å²) in [6.07, 6.45) is 2.04. The fraction of sp³-hybridized carbons (Fsp3) is 0.474. The third-order valence-corrected chi connectivity index (χ3v) is 4.88. The van der Waals surface area contributed by atoms with E-state index in [2.05, 4.69) is 12.0 Å². The van der Waals surface area contributed by atoms with Gasteiger partial charge in [-0.2, -0.15) is 5.10 Å². The Morgan fingerprint density at radius 1 is 1.29 bits per heavy atom. The third kappa shape index (κ3) is 3.22. The average Bonchev–Trinajstić information content (AvgIpc) is 2.92. The molecule has 1 aromatic carbocycles. The molecule has 1 fully saturated rings. The van der Waals surface area contributed by atoms with Crippen LogP contribution < -0.4 is 5.73 Å². The summed E-state index contributed by atoms with van der Waals surface area (Å²) in [5.41, 5.74) is 9.64. The fourth-order valence-corrected chi connectivity index (χ4v) is 3.54. The van der Waals surface area contributed by atoms with Crippen LogP contribution in [0.25, 0.3) is 5.69 Å². The molecule has 1 amide bonds. The van der Waals surface area contributed by atoms with Crippen LogP contribution in [-0.4, -0.2) is 39.7 Å². The average molecular weight is 326 g/mol. The first kappa shape index (κ1) is 16.7. The maximum Gasteiger partial charge on any atom is 0.254 e. The van der Waals surface area contributed by atoms with E-state index >= 15 is 0 Å². The van der Waals surface area contributed by atoms with Crippen LogP contribution >= 0.6 is 0 Å². The van der Waals surface area contributed by atoms with Crippen molar-refractivity contribution in [3.05, 3.63) is 47.3 Å². The molecule has 0 radical (unpaired) electrons. The minimum atomic E-state index is 0.0808. The Balaban J connectivity index is 1.80. The van der Waals surface area contributed by atoms with Crippen molar-refractivity contribution < 1.29 is 4.79 Å². The van der Waals surface area contributed by atoms with E-state index in [0.29, 0.717) is 18.0 Å². The Morgan fingerprint density at radius 2 is 2.00 bits per heavy atom. The second-order valence-electron chi connectivity index (χ2n) is 6.90. The summed E-state index contributed by atoms with van der Waals surface area (Å²) in [4.78, 5) is 14.8. The van der Waals surface area contributed by atoms with Crippen LogP contribution in [0.1, 0.15) is 41.5 Å². The molecule has 24 heavy (non-hydrogen) atoms. The molecule has 5 nitrogen and oxygen atoms in total. The summed E-state index contributed by atoms with van der Waals surface area (Å²) in [7, 11) is 0. The van der Waals surface area contributed by atoms with Gasteiger partial charge in [0, 0.05) is 30.4 Å². The summed E-state index contributed by atoms with van der Waals surface area (Å²) in [6, 6.07) is 9.88. The van der Waals surface area contributed by atoms with Crippen molar-refractivity contribution in [2.75, 3.05) is 13.1 Å². The van der Waals surface area contributed by atoms with Crippen LogP contribution in [0, 0.1) is 19.8 Å². The topological polar surface area (TPSA) is 64.2 Å². The molecular formula is C19H26N4O. The van der Waals surface area contributed by atoms with Gasteiger partial charge in [-0.25, -0.2) is 4.68 Å². The van der Waals surface area contributed by atoms with Gasteiger partial charge in [0.05, 0.1) is 11.4 Å². The number of benzene rings is 1. The lowest BCUT2D eigenvalue weighted by molar-refractivity contribution is 0.0573. The van der Waals surface area contributed by atoms with E-state index in [1.165, 1.54) is 0 Å². The fourth-order valence-electron chi connectivity index (χ4n) is 3.54. The molecule has 0 bridgehead atoms. The maximum absolute atomic E-state index is 12.8. The van der Waals surface area contributed by atoms with Gasteiger partial charge in [0.1, 0.15) is 0 Å². The highest BCUT2D eigenvalue weighted by molar-refractivity contribution is 5.94. The lowest BCUT2D eigenvalue weighted by Gasteiger charge is -2.38. The molecule has 2 heterocycles. The standard InChI is InChI=1S/C19H26N4O/c1-13-8-9-22(18(10-13)12-20)19(24)16-4-6-17(7-5-16)23-15(3)11-14(2)21-23/h4-7,11,13,18H,8-10,12,20H2,1-3H3.